The molecular weight excluding hydrogens is 252 g/mol. The lowest BCUT2D eigenvalue weighted by Crippen LogP contribution is -2.21. The van der Waals surface area contributed by atoms with Crippen molar-refractivity contribution in [2.24, 2.45) is 5.73 Å². The van der Waals surface area contributed by atoms with Crippen LogP contribution in [0.5, 0.6) is 0 Å². The number of aromatic nitrogens is 3. The van der Waals surface area contributed by atoms with Gasteiger partial charge in [0.2, 0.25) is 0 Å². The van der Waals surface area contributed by atoms with Crippen molar-refractivity contribution in [1.82, 2.24) is 14.6 Å². The van der Waals surface area contributed by atoms with E-state index in [1.807, 2.05) is 6.26 Å². The van der Waals surface area contributed by atoms with Crippen LogP contribution in [0.3, 0.4) is 0 Å². The highest BCUT2D eigenvalue weighted by Gasteiger charge is 2.24. The molecule has 1 aliphatic rings. The zero-order valence-electron chi connectivity index (χ0n) is 9.82. The molecule has 0 bridgehead atoms. The minimum Gasteiger partial charge on any atom is -0.365 e. The van der Waals surface area contributed by atoms with Crippen LogP contribution in [-0.4, -0.2) is 26.8 Å². The van der Waals surface area contributed by atoms with Gasteiger partial charge in [-0.1, -0.05) is 0 Å². The van der Waals surface area contributed by atoms with Crippen molar-refractivity contribution in [1.29, 1.82) is 0 Å². The number of nitrogens with zero attached hydrogens (tertiary/aromatic N) is 2. The lowest BCUT2D eigenvalue weighted by Gasteiger charge is -1.99. The van der Waals surface area contributed by atoms with Crippen molar-refractivity contribution >= 4 is 23.3 Å². The molecule has 7 heteroatoms. The number of nitrogens with two attached hydrogens (primary N) is 1. The molecule has 0 spiro atoms. The molecule has 2 aromatic rings. The molecule has 94 valence electrons. The maximum absolute atomic E-state index is 12.3. The number of nitrogens with one attached hydrogen (secondary N) is 1. The number of fused-ring (bicyclic) bond motifs is 2. The summed E-state index contributed by atoms with van der Waals surface area (Å²) < 4.78 is 1.33. The summed E-state index contributed by atoms with van der Waals surface area (Å²) in [6.07, 6.45) is 4.30. The standard InChI is InChI=1S/C11H12N4O2S/c1-18-10-7(8(12)16)9-13-6-4-2-3-5(6)11(17)15(9)14-10/h14H,2-4H2,1H3,(H2,12,16). The fourth-order valence-electron chi connectivity index (χ4n) is 2.39. The number of H-pyrrole nitrogens is 1. The van der Waals surface area contributed by atoms with Crippen molar-refractivity contribution in [3.8, 4) is 0 Å². The van der Waals surface area contributed by atoms with E-state index < -0.39 is 5.91 Å². The van der Waals surface area contributed by atoms with E-state index in [-0.39, 0.29) is 5.56 Å². The van der Waals surface area contributed by atoms with E-state index >= 15 is 0 Å². The summed E-state index contributed by atoms with van der Waals surface area (Å²) in [5.74, 6) is -0.567. The first-order valence-electron chi connectivity index (χ1n) is 5.63. The maximum Gasteiger partial charge on any atom is 0.276 e. The molecule has 2 aromatic heterocycles. The highest BCUT2D eigenvalue weighted by Crippen LogP contribution is 2.24. The van der Waals surface area contributed by atoms with E-state index in [2.05, 4.69) is 10.1 Å². The third kappa shape index (κ3) is 1.40. The Bertz CT molecular complexity index is 716. The van der Waals surface area contributed by atoms with Crippen molar-refractivity contribution in [3.63, 3.8) is 0 Å². The number of primary amides is 1. The van der Waals surface area contributed by atoms with Crippen molar-refractivity contribution in [3.05, 3.63) is 27.2 Å². The zero-order valence-corrected chi connectivity index (χ0v) is 10.6. The normalized spacial score (nSPS) is 14.1. The zero-order chi connectivity index (χ0) is 12.9. The maximum atomic E-state index is 12.3. The molecule has 0 aliphatic heterocycles. The molecule has 6 nitrogen and oxygen atoms in total. The number of carbonyl (C=O) groups excluding carboxylic acids is 1. The summed E-state index contributed by atoms with van der Waals surface area (Å²) in [7, 11) is 0. The van der Waals surface area contributed by atoms with Crippen LogP contribution < -0.4 is 11.3 Å². The van der Waals surface area contributed by atoms with Gasteiger partial charge in [0, 0.05) is 5.56 Å². The molecule has 0 aromatic carbocycles. The summed E-state index contributed by atoms with van der Waals surface area (Å²) in [5, 5.41) is 3.48. The van der Waals surface area contributed by atoms with Gasteiger partial charge in [-0.3, -0.25) is 14.7 Å². The van der Waals surface area contributed by atoms with Crippen LogP contribution in [0, 0.1) is 0 Å². The molecule has 3 rings (SSSR count). The second kappa shape index (κ2) is 3.88. The van der Waals surface area contributed by atoms with Crippen LogP contribution in [0.2, 0.25) is 0 Å². The quantitative estimate of drug-likeness (QED) is 0.764. The summed E-state index contributed by atoms with van der Waals surface area (Å²) in [4.78, 5) is 28.2. The van der Waals surface area contributed by atoms with E-state index in [0.29, 0.717) is 16.2 Å². The highest BCUT2D eigenvalue weighted by atomic mass is 32.2. The van der Waals surface area contributed by atoms with Crippen LogP contribution in [0.25, 0.3) is 5.65 Å². The Hall–Kier alpha value is -1.76. The van der Waals surface area contributed by atoms with Crippen molar-refractivity contribution in [2.45, 2.75) is 24.3 Å². The van der Waals surface area contributed by atoms with E-state index in [0.717, 1.165) is 30.5 Å². The van der Waals surface area contributed by atoms with Gasteiger partial charge in [-0.15, -0.1) is 11.8 Å². The molecule has 1 amide bonds. The van der Waals surface area contributed by atoms with Crippen LogP contribution in [0.1, 0.15) is 28.0 Å². The largest absolute Gasteiger partial charge is 0.365 e. The molecule has 0 saturated heterocycles. The molecule has 3 N–H and O–H groups in total. The molecule has 0 saturated carbocycles. The fraction of sp³-hybridized carbons (Fsp3) is 0.364. The molecular formula is C11H12N4O2S. The lowest BCUT2D eigenvalue weighted by molar-refractivity contribution is 0.0999. The average molecular weight is 264 g/mol. The predicted molar refractivity (Wildman–Crippen MR) is 68.1 cm³/mol. The van der Waals surface area contributed by atoms with Gasteiger partial charge in [0.05, 0.1) is 5.69 Å². The fourth-order valence-corrected chi connectivity index (χ4v) is 2.97. The monoisotopic (exact) mass is 264 g/mol. The van der Waals surface area contributed by atoms with E-state index in [9.17, 15) is 9.59 Å². The van der Waals surface area contributed by atoms with Gasteiger partial charge in [0.15, 0.2) is 5.65 Å². The van der Waals surface area contributed by atoms with Gasteiger partial charge >= 0.3 is 0 Å². The Labute approximate surface area is 107 Å². The minimum atomic E-state index is -0.567. The highest BCUT2D eigenvalue weighted by molar-refractivity contribution is 7.98. The number of hydrogen-bond acceptors (Lipinski definition) is 4. The van der Waals surface area contributed by atoms with Gasteiger partial charge < -0.3 is 5.73 Å². The number of rotatable bonds is 2. The third-order valence-electron chi connectivity index (χ3n) is 3.22. The summed E-state index contributed by atoms with van der Waals surface area (Å²) in [5.41, 5.74) is 7.45. The number of carbonyl (C=O) groups is 1. The van der Waals surface area contributed by atoms with Gasteiger partial charge in [-0.2, -0.15) is 4.52 Å². The number of aryl methyl sites for hydroxylation is 1. The average Bonchev–Trinajstić information content (AvgIpc) is 2.92. The Morgan fingerprint density at radius 2 is 2.28 bits per heavy atom. The van der Waals surface area contributed by atoms with Gasteiger partial charge in [-0.05, 0) is 25.5 Å². The van der Waals surface area contributed by atoms with Crippen LogP contribution in [-0.2, 0) is 12.8 Å². The van der Waals surface area contributed by atoms with Crippen molar-refractivity contribution < 1.29 is 4.79 Å². The third-order valence-corrected chi connectivity index (χ3v) is 3.92. The molecule has 0 radical (unpaired) electrons. The molecule has 0 unspecified atom stereocenters. The minimum absolute atomic E-state index is 0.115. The Morgan fingerprint density at radius 1 is 1.50 bits per heavy atom. The summed E-state index contributed by atoms with van der Waals surface area (Å²) in [6.45, 7) is 0. The topological polar surface area (TPSA) is 93.2 Å². The predicted octanol–water partition coefficient (Wildman–Crippen LogP) is 0.332. The number of thioether (sulfide) groups is 1. The first kappa shape index (κ1) is 11.3. The van der Waals surface area contributed by atoms with Crippen molar-refractivity contribution in [2.75, 3.05) is 6.26 Å². The molecule has 2 heterocycles. The van der Waals surface area contributed by atoms with E-state index in [1.165, 1.54) is 16.3 Å². The van der Waals surface area contributed by atoms with Gasteiger partial charge in [0.1, 0.15) is 10.6 Å². The second-order valence-electron chi connectivity index (χ2n) is 4.24. The number of amides is 1. The molecule has 0 atom stereocenters. The van der Waals surface area contributed by atoms with Gasteiger partial charge in [0.25, 0.3) is 11.5 Å². The Kier molecular flexibility index (Phi) is 2.44. The number of aromatic amines is 1. The first-order chi connectivity index (χ1) is 8.63. The van der Waals surface area contributed by atoms with Gasteiger partial charge in [-0.25, -0.2) is 4.98 Å². The molecule has 0 fully saturated rings. The first-order valence-corrected chi connectivity index (χ1v) is 6.86. The van der Waals surface area contributed by atoms with Crippen LogP contribution in [0.15, 0.2) is 9.82 Å². The Balaban J connectivity index is 2.44. The van der Waals surface area contributed by atoms with E-state index in [1.54, 1.807) is 0 Å². The summed E-state index contributed by atoms with van der Waals surface area (Å²) in [6, 6.07) is 0. The van der Waals surface area contributed by atoms with Crippen LogP contribution >= 0.6 is 11.8 Å². The SMILES string of the molecule is CSc1[nH]n2c(=O)c3c(nc2c1C(N)=O)CCC3. The molecule has 1 aliphatic carbocycles. The molecule has 18 heavy (non-hydrogen) atoms. The van der Waals surface area contributed by atoms with E-state index in [4.69, 9.17) is 5.73 Å². The number of hydrogen-bond donors (Lipinski definition) is 2. The summed E-state index contributed by atoms with van der Waals surface area (Å²) >= 11 is 1.34. The van der Waals surface area contributed by atoms with Crippen LogP contribution in [0.4, 0.5) is 0 Å². The Morgan fingerprint density at radius 3 is 2.94 bits per heavy atom. The second-order valence-corrected chi connectivity index (χ2v) is 5.06. The smallest absolute Gasteiger partial charge is 0.276 e. The lowest BCUT2D eigenvalue weighted by atomic mass is 10.2.